The summed E-state index contributed by atoms with van der Waals surface area (Å²) in [4.78, 5) is 0. The molecule has 0 spiro atoms. The molecule has 0 rings (SSSR count). The molecule has 0 amide bonds. The van der Waals surface area contributed by atoms with Gasteiger partial charge in [0.05, 0.1) is 0 Å². The van der Waals surface area contributed by atoms with Gasteiger partial charge in [0.15, 0.2) is 0 Å². The second-order valence-corrected chi connectivity index (χ2v) is 1.89. The van der Waals surface area contributed by atoms with Crippen molar-refractivity contribution >= 4 is 14.4 Å². The molecule has 0 aliphatic carbocycles. The van der Waals surface area contributed by atoms with Crippen molar-refractivity contribution in [2.45, 2.75) is 13.8 Å². The van der Waals surface area contributed by atoms with E-state index in [-0.39, 0.29) is 0 Å². The first-order valence-corrected chi connectivity index (χ1v) is 2.50. The van der Waals surface area contributed by atoms with E-state index in [1.54, 1.807) is 0 Å². The number of rotatable bonds is 3. The molecule has 0 unspecified atom stereocenters. The van der Waals surface area contributed by atoms with Crippen molar-refractivity contribution < 1.29 is 4.65 Å². The Bertz CT molecular complexity index is 53.7. The number of hydrogen-bond acceptors (Lipinski definition) is 1. The van der Waals surface area contributed by atoms with Crippen LogP contribution < -0.4 is 0 Å². The SMILES string of the molecule is B=BOCC(C)C. The summed E-state index contributed by atoms with van der Waals surface area (Å²) in [6, 6.07) is 0. The Hall–Kier alpha value is -0.0701. The standard InChI is InChI=1S/C4H10B2O/c1-4(2)3-7-6-5/h4-5H,3H2,1-2H3. The van der Waals surface area contributed by atoms with Crippen molar-refractivity contribution in [3.05, 3.63) is 0 Å². The third-order valence-corrected chi connectivity index (χ3v) is 0.547. The maximum atomic E-state index is 4.86. The zero-order chi connectivity index (χ0) is 5.70. The summed E-state index contributed by atoms with van der Waals surface area (Å²) >= 11 is 0. The van der Waals surface area contributed by atoms with E-state index in [2.05, 4.69) is 21.2 Å². The first-order chi connectivity index (χ1) is 3.27. The molecule has 0 saturated heterocycles. The van der Waals surface area contributed by atoms with Crippen molar-refractivity contribution in [2.24, 2.45) is 5.92 Å². The van der Waals surface area contributed by atoms with E-state index in [0.29, 0.717) is 5.92 Å². The summed E-state index contributed by atoms with van der Waals surface area (Å²) in [7, 11) is 4.88. The molecule has 0 bridgehead atoms. The molecule has 38 valence electrons. The summed E-state index contributed by atoms with van der Waals surface area (Å²) < 4.78 is 4.86. The topological polar surface area (TPSA) is 9.23 Å². The molecule has 0 radical (unpaired) electrons. The van der Waals surface area contributed by atoms with Gasteiger partial charge in [0.25, 0.3) is 0 Å². The molecular weight excluding hydrogens is 85.7 g/mol. The zero-order valence-electron chi connectivity index (χ0n) is 4.98. The Morgan fingerprint density at radius 1 is 1.71 bits per heavy atom. The fourth-order valence-corrected chi connectivity index (χ4v) is 0.260. The molecular formula is C4H10B2O. The molecule has 3 heteroatoms. The number of hydrogen-bond donors (Lipinski definition) is 0. The molecule has 0 aromatic carbocycles. The van der Waals surface area contributed by atoms with Gasteiger partial charge in [-0.15, -0.1) is 0 Å². The van der Waals surface area contributed by atoms with E-state index >= 15 is 0 Å². The summed E-state index contributed by atoms with van der Waals surface area (Å²) in [5.74, 6) is 0.609. The molecule has 0 N–H and O–H groups in total. The molecule has 0 aliphatic rings. The monoisotopic (exact) mass is 96.1 g/mol. The van der Waals surface area contributed by atoms with Gasteiger partial charge in [0, 0.05) is 0 Å². The van der Waals surface area contributed by atoms with Crippen molar-refractivity contribution in [2.75, 3.05) is 6.61 Å². The maximum absolute atomic E-state index is 4.86. The Kier molecular flexibility index (Phi) is 4.06. The predicted molar refractivity (Wildman–Crippen MR) is 33.7 cm³/mol. The van der Waals surface area contributed by atoms with E-state index < -0.39 is 0 Å². The fourth-order valence-electron chi connectivity index (χ4n) is 0.260. The van der Waals surface area contributed by atoms with Crippen molar-refractivity contribution in [3.63, 3.8) is 0 Å². The van der Waals surface area contributed by atoms with Crippen LogP contribution in [0.15, 0.2) is 0 Å². The van der Waals surface area contributed by atoms with Crippen molar-refractivity contribution in [1.29, 1.82) is 0 Å². The van der Waals surface area contributed by atoms with E-state index in [9.17, 15) is 0 Å². The minimum absolute atomic E-state index is 0.609. The fraction of sp³-hybridized carbons (Fsp3) is 1.00. The van der Waals surface area contributed by atoms with Crippen molar-refractivity contribution in [3.8, 4) is 0 Å². The molecule has 0 aromatic heterocycles. The van der Waals surface area contributed by atoms with Crippen LogP contribution >= 0.6 is 0 Å². The Balaban J connectivity index is 2.81. The van der Waals surface area contributed by atoms with Gasteiger partial charge >= 0.3 is 45.4 Å². The van der Waals surface area contributed by atoms with Crippen LogP contribution in [0, 0.1) is 5.92 Å². The molecule has 0 aromatic rings. The van der Waals surface area contributed by atoms with Gasteiger partial charge in [-0.2, -0.15) is 0 Å². The molecule has 7 heavy (non-hydrogen) atoms. The van der Waals surface area contributed by atoms with Crippen LogP contribution in [-0.2, 0) is 4.65 Å². The molecule has 0 saturated carbocycles. The molecule has 0 atom stereocenters. The summed E-state index contributed by atoms with van der Waals surface area (Å²) in [6.45, 7) is 4.98. The minimum atomic E-state index is 0.609. The average Bonchev–Trinajstić information content (AvgIpc) is 1.61. The van der Waals surface area contributed by atoms with E-state index in [1.165, 1.54) is 7.00 Å². The van der Waals surface area contributed by atoms with Gasteiger partial charge in [-0.05, 0) is 0 Å². The molecule has 0 aliphatic heterocycles. The van der Waals surface area contributed by atoms with Gasteiger partial charge in [-0.3, -0.25) is 0 Å². The second-order valence-electron chi connectivity index (χ2n) is 1.89. The van der Waals surface area contributed by atoms with Crippen LogP contribution in [0.3, 0.4) is 0 Å². The summed E-state index contributed by atoms with van der Waals surface area (Å²) in [6.07, 6.45) is 0. The average molecular weight is 95.7 g/mol. The molecule has 0 fully saturated rings. The zero-order valence-corrected chi connectivity index (χ0v) is 4.98. The Morgan fingerprint density at radius 2 is 2.29 bits per heavy atom. The van der Waals surface area contributed by atoms with Gasteiger partial charge in [-0.25, -0.2) is 0 Å². The van der Waals surface area contributed by atoms with Gasteiger partial charge in [-0.1, -0.05) is 0 Å². The summed E-state index contributed by atoms with van der Waals surface area (Å²) in [5, 5.41) is 0. The van der Waals surface area contributed by atoms with E-state index in [0.717, 1.165) is 6.61 Å². The van der Waals surface area contributed by atoms with Crippen LogP contribution in [0.1, 0.15) is 13.8 Å². The van der Waals surface area contributed by atoms with Gasteiger partial charge < -0.3 is 0 Å². The Morgan fingerprint density at radius 3 is 2.43 bits per heavy atom. The first-order valence-electron chi connectivity index (χ1n) is 2.50. The summed E-state index contributed by atoms with van der Waals surface area (Å²) in [5.41, 5.74) is 0. The van der Waals surface area contributed by atoms with E-state index in [4.69, 9.17) is 4.65 Å². The van der Waals surface area contributed by atoms with Crippen LogP contribution in [0.25, 0.3) is 0 Å². The van der Waals surface area contributed by atoms with Gasteiger partial charge in [0.1, 0.15) is 0 Å². The molecule has 0 heterocycles. The predicted octanol–water partition coefficient (Wildman–Crippen LogP) is 0.0940. The van der Waals surface area contributed by atoms with Crippen molar-refractivity contribution in [1.82, 2.24) is 0 Å². The third-order valence-electron chi connectivity index (χ3n) is 0.547. The Labute approximate surface area is 46.4 Å². The van der Waals surface area contributed by atoms with Gasteiger partial charge in [0.2, 0.25) is 0 Å². The van der Waals surface area contributed by atoms with Crippen LogP contribution in [-0.4, -0.2) is 21.0 Å². The first kappa shape index (κ1) is 6.93. The van der Waals surface area contributed by atoms with Crippen LogP contribution in [0.4, 0.5) is 0 Å². The molecule has 1 nitrogen and oxygen atoms in total. The third kappa shape index (κ3) is 5.93. The van der Waals surface area contributed by atoms with Crippen LogP contribution in [0.5, 0.6) is 0 Å². The van der Waals surface area contributed by atoms with E-state index in [1.807, 2.05) is 0 Å². The normalized spacial score (nSPS) is 8.29. The quantitative estimate of drug-likeness (QED) is 0.452. The second kappa shape index (κ2) is 4.10. The van der Waals surface area contributed by atoms with Crippen LogP contribution in [0.2, 0.25) is 0 Å².